The molecule has 5 heteroatoms. The lowest BCUT2D eigenvalue weighted by Crippen LogP contribution is -2.49. The molecular formula is C13H18F2N2O. The van der Waals surface area contributed by atoms with Crippen molar-refractivity contribution >= 4 is 0 Å². The summed E-state index contributed by atoms with van der Waals surface area (Å²) >= 11 is 0. The lowest BCUT2D eigenvalue weighted by atomic mass is 10.0. The summed E-state index contributed by atoms with van der Waals surface area (Å²) in [6.45, 7) is 5.23. The van der Waals surface area contributed by atoms with Gasteiger partial charge in [-0.15, -0.1) is 0 Å². The van der Waals surface area contributed by atoms with Gasteiger partial charge in [0.2, 0.25) is 0 Å². The number of nitrogens with zero attached hydrogens (tertiary/aromatic N) is 1. The number of hydrogen-bond donors (Lipinski definition) is 2. The minimum absolute atomic E-state index is 0.155. The third-order valence-corrected chi connectivity index (χ3v) is 3.47. The summed E-state index contributed by atoms with van der Waals surface area (Å²) in [4.78, 5) is 2.10. The molecule has 1 saturated heterocycles. The molecule has 0 amide bonds. The molecule has 2 N–H and O–H groups in total. The van der Waals surface area contributed by atoms with Gasteiger partial charge in [0.25, 0.3) is 0 Å². The summed E-state index contributed by atoms with van der Waals surface area (Å²) in [6, 6.07) is 3.11. The first-order valence-electron chi connectivity index (χ1n) is 6.17. The number of halogens is 2. The smallest absolute Gasteiger partial charge is 0.131 e. The normalized spacial score (nSPS) is 20.7. The van der Waals surface area contributed by atoms with Gasteiger partial charge in [0.05, 0.1) is 6.10 Å². The number of aliphatic hydroxyl groups excluding tert-OH is 1. The van der Waals surface area contributed by atoms with Crippen molar-refractivity contribution in [3.8, 4) is 0 Å². The maximum Gasteiger partial charge on any atom is 0.131 e. The Labute approximate surface area is 105 Å². The van der Waals surface area contributed by atoms with Crippen LogP contribution in [0.3, 0.4) is 0 Å². The number of nitrogens with one attached hydrogen (secondary N) is 1. The van der Waals surface area contributed by atoms with Crippen LogP contribution >= 0.6 is 0 Å². The molecule has 1 fully saturated rings. The van der Waals surface area contributed by atoms with Gasteiger partial charge in [-0.3, -0.25) is 4.90 Å². The minimum atomic E-state index is -0.941. The van der Waals surface area contributed by atoms with Crippen LogP contribution in [0, 0.1) is 11.6 Å². The van der Waals surface area contributed by atoms with Crippen molar-refractivity contribution < 1.29 is 13.9 Å². The third-order valence-electron chi connectivity index (χ3n) is 3.47. The Balaban J connectivity index is 2.11. The molecule has 1 heterocycles. The lowest BCUT2D eigenvalue weighted by Gasteiger charge is -2.35. The van der Waals surface area contributed by atoms with Crippen LogP contribution in [0.4, 0.5) is 8.78 Å². The molecule has 1 aromatic carbocycles. The summed E-state index contributed by atoms with van der Waals surface area (Å²) in [6.07, 6.45) is -0.941. The van der Waals surface area contributed by atoms with Crippen molar-refractivity contribution in [2.45, 2.75) is 19.1 Å². The predicted molar refractivity (Wildman–Crippen MR) is 65.2 cm³/mol. The van der Waals surface area contributed by atoms with Gasteiger partial charge in [-0.25, -0.2) is 8.78 Å². The minimum Gasteiger partial charge on any atom is -0.387 e. The highest BCUT2D eigenvalue weighted by Crippen LogP contribution is 2.24. The topological polar surface area (TPSA) is 35.5 Å². The van der Waals surface area contributed by atoms with Gasteiger partial charge in [0.15, 0.2) is 0 Å². The van der Waals surface area contributed by atoms with Crippen LogP contribution < -0.4 is 5.32 Å². The van der Waals surface area contributed by atoms with Crippen LogP contribution in [0.2, 0.25) is 0 Å². The van der Waals surface area contributed by atoms with Crippen LogP contribution in [-0.2, 0) is 0 Å². The number of benzene rings is 1. The molecule has 0 saturated carbocycles. The molecule has 0 spiro atoms. The van der Waals surface area contributed by atoms with Gasteiger partial charge in [0.1, 0.15) is 11.6 Å². The average Bonchev–Trinajstić information content (AvgIpc) is 2.38. The molecule has 1 aliphatic heterocycles. The van der Waals surface area contributed by atoms with E-state index < -0.39 is 17.7 Å². The summed E-state index contributed by atoms with van der Waals surface area (Å²) in [5.41, 5.74) is 0.155. The maximum absolute atomic E-state index is 13.6. The first kappa shape index (κ1) is 13.4. The van der Waals surface area contributed by atoms with E-state index in [0.717, 1.165) is 32.2 Å². The first-order chi connectivity index (χ1) is 8.59. The Morgan fingerprint density at radius 3 is 2.56 bits per heavy atom. The molecule has 2 atom stereocenters. The highest BCUT2D eigenvalue weighted by molar-refractivity contribution is 5.22. The Morgan fingerprint density at radius 2 is 1.94 bits per heavy atom. The molecule has 1 aliphatic rings. The number of piperazine rings is 1. The lowest BCUT2D eigenvalue weighted by molar-refractivity contribution is 0.0487. The van der Waals surface area contributed by atoms with Crippen LogP contribution in [-0.4, -0.2) is 42.2 Å². The van der Waals surface area contributed by atoms with Crippen molar-refractivity contribution in [1.82, 2.24) is 10.2 Å². The fourth-order valence-electron chi connectivity index (χ4n) is 2.29. The standard InChI is InChI=1S/C13H18F2N2O/c1-9(17-6-4-16-5-7-17)13(18)11-3-2-10(14)8-12(11)15/h2-3,8-9,13,16,18H,4-7H2,1H3. The van der Waals surface area contributed by atoms with Gasteiger partial charge in [-0.05, 0) is 13.0 Å². The van der Waals surface area contributed by atoms with Crippen LogP contribution in [0.5, 0.6) is 0 Å². The highest BCUT2D eigenvalue weighted by atomic mass is 19.1. The Hall–Kier alpha value is -1.04. The SMILES string of the molecule is CC(C(O)c1ccc(F)cc1F)N1CCNCC1. The third kappa shape index (κ3) is 2.85. The van der Waals surface area contributed by atoms with E-state index in [1.807, 2.05) is 6.92 Å². The number of rotatable bonds is 3. The van der Waals surface area contributed by atoms with Crippen molar-refractivity contribution in [3.05, 3.63) is 35.4 Å². The van der Waals surface area contributed by atoms with Gasteiger partial charge in [-0.2, -0.15) is 0 Å². The molecule has 2 unspecified atom stereocenters. The van der Waals surface area contributed by atoms with Gasteiger partial charge >= 0.3 is 0 Å². The summed E-state index contributed by atoms with van der Waals surface area (Å²) in [7, 11) is 0. The molecule has 0 radical (unpaired) electrons. The van der Waals surface area contributed by atoms with Crippen molar-refractivity contribution in [3.63, 3.8) is 0 Å². The monoisotopic (exact) mass is 256 g/mol. The van der Waals surface area contributed by atoms with E-state index in [1.165, 1.54) is 12.1 Å². The van der Waals surface area contributed by atoms with Gasteiger partial charge < -0.3 is 10.4 Å². The van der Waals surface area contributed by atoms with E-state index in [9.17, 15) is 13.9 Å². The van der Waals surface area contributed by atoms with Crippen LogP contribution in [0.15, 0.2) is 18.2 Å². The van der Waals surface area contributed by atoms with Crippen molar-refractivity contribution in [1.29, 1.82) is 0 Å². The van der Waals surface area contributed by atoms with Crippen LogP contribution in [0.1, 0.15) is 18.6 Å². The molecule has 0 aromatic heterocycles. The quantitative estimate of drug-likeness (QED) is 0.855. The predicted octanol–water partition coefficient (Wildman–Crippen LogP) is 1.29. The van der Waals surface area contributed by atoms with Crippen molar-refractivity contribution in [2.75, 3.05) is 26.2 Å². The molecule has 0 aliphatic carbocycles. The summed E-state index contributed by atoms with van der Waals surface area (Å²) in [5, 5.41) is 13.4. The molecule has 2 rings (SSSR count). The Kier molecular flexibility index (Phi) is 4.27. The molecule has 0 bridgehead atoms. The van der Waals surface area contributed by atoms with Crippen LogP contribution in [0.25, 0.3) is 0 Å². The van der Waals surface area contributed by atoms with E-state index in [4.69, 9.17) is 0 Å². The van der Waals surface area contributed by atoms with E-state index in [-0.39, 0.29) is 11.6 Å². The van der Waals surface area contributed by atoms with E-state index in [0.29, 0.717) is 0 Å². The second-order valence-electron chi connectivity index (χ2n) is 4.64. The first-order valence-corrected chi connectivity index (χ1v) is 6.17. The summed E-state index contributed by atoms with van der Waals surface area (Å²) < 4.78 is 26.4. The molecule has 18 heavy (non-hydrogen) atoms. The molecule has 3 nitrogen and oxygen atoms in total. The second-order valence-corrected chi connectivity index (χ2v) is 4.64. The fourth-order valence-corrected chi connectivity index (χ4v) is 2.29. The zero-order valence-electron chi connectivity index (χ0n) is 10.4. The molecular weight excluding hydrogens is 238 g/mol. The molecule has 1 aromatic rings. The average molecular weight is 256 g/mol. The largest absolute Gasteiger partial charge is 0.387 e. The van der Waals surface area contributed by atoms with Gasteiger partial charge in [-0.1, -0.05) is 6.07 Å². The highest BCUT2D eigenvalue weighted by Gasteiger charge is 2.26. The van der Waals surface area contributed by atoms with E-state index in [1.54, 1.807) is 0 Å². The molecule has 100 valence electrons. The zero-order chi connectivity index (χ0) is 13.1. The fraction of sp³-hybridized carbons (Fsp3) is 0.538. The van der Waals surface area contributed by atoms with Crippen molar-refractivity contribution in [2.24, 2.45) is 0 Å². The number of aliphatic hydroxyl groups is 1. The zero-order valence-corrected chi connectivity index (χ0v) is 10.4. The number of hydrogen-bond acceptors (Lipinski definition) is 3. The second kappa shape index (κ2) is 5.73. The van der Waals surface area contributed by atoms with E-state index >= 15 is 0 Å². The van der Waals surface area contributed by atoms with E-state index in [2.05, 4.69) is 10.2 Å². The summed E-state index contributed by atoms with van der Waals surface area (Å²) in [5.74, 6) is -1.32. The Morgan fingerprint density at radius 1 is 1.28 bits per heavy atom. The Bertz CT molecular complexity index is 408. The maximum atomic E-state index is 13.6. The van der Waals surface area contributed by atoms with Gasteiger partial charge in [0, 0.05) is 43.9 Å².